The van der Waals surface area contributed by atoms with Gasteiger partial charge >= 0.3 is 0 Å². The number of hydrogen-bond donors (Lipinski definition) is 1. The molecule has 1 atom stereocenters. The van der Waals surface area contributed by atoms with E-state index in [9.17, 15) is 0 Å². The second kappa shape index (κ2) is 6.66. The van der Waals surface area contributed by atoms with Crippen molar-refractivity contribution in [3.63, 3.8) is 0 Å². The standard InChI is InChI=1S/C14H23NO/c1-4-13(11-16)9-15(3)10-14-7-5-12(2)6-8-14/h5-8,13,16H,4,9-11H2,1-3H3. The van der Waals surface area contributed by atoms with Crippen LogP contribution in [0.4, 0.5) is 0 Å². The van der Waals surface area contributed by atoms with Crippen LogP contribution >= 0.6 is 0 Å². The summed E-state index contributed by atoms with van der Waals surface area (Å²) in [5.41, 5.74) is 2.63. The lowest BCUT2D eigenvalue weighted by Crippen LogP contribution is -2.26. The van der Waals surface area contributed by atoms with Gasteiger partial charge in [0.25, 0.3) is 0 Å². The highest BCUT2D eigenvalue weighted by atomic mass is 16.3. The molecule has 0 bridgehead atoms. The summed E-state index contributed by atoms with van der Waals surface area (Å²) in [5, 5.41) is 9.15. The van der Waals surface area contributed by atoms with Crippen molar-refractivity contribution in [3.8, 4) is 0 Å². The van der Waals surface area contributed by atoms with E-state index in [1.165, 1.54) is 11.1 Å². The summed E-state index contributed by atoms with van der Waals surface area (Å²) in [6.07, 6.45) is 1.04. The van der Waals surface area contributed by atoms with Crippen molar-refractivity contribution in [2.75, 3.05) is 20.2 Å². The Balaban J connectivity index is 2.44. The third-order valence-electron chi connectivity index (χ3n) is 2.98. The number of aliphatic hydroxyl groups is 1. The van der Waals surface area contributed by atoms with E-state index in [1.54, 1.807) is 0 Å². The van der Waals surface area contributed by atoms with Gasteiger partial charge in [-0.15, -0.1) is 0 Å². The van der Waals surface area contributed by atoms with Gasteiger partial charge in [-0.1, -0.05) is 36.8 Å². The molecule has 1 N–H and O–H groups in total. The molecular formula is C14H23NO. The number of benzene rings is 1. The first-order valence-corrected chi connectivity index (χ1v) is 6.00. The van der Waals surface area contributed by atoms with Gasteiger partial charge in [-0.2, -0.15) is 0 Å². The van der Waals surface area contributed by atoms with Crippen LogP contribution in [0.3, 0.4) is 0 Å². The van der Waals surface area contributed by atoms with Crippen LogP contribution in [0.1, 0.15) is 24.5 Å². The normalized spacial score (nSPS) is 13.1. The second-order valence-corrected chi connectivity index (χ2v) is 4.64. The summed E-state index contributed by atoms with van der Waals surface area (Å²) in [5.74, 6) is 0.399. The van der Waals surface area contributed by atoms with Gasteiger partial charge in [0.2, 0.25) is 0 Å². The Kier molecular flexibility index (Phi) is 5.50. The van der Waals surface area contributed by atoms with Gasteiger partial charge < -0.3 is 10.0 Å². The molecule has 1 aromatic carbocycles. The minimum absolute atomic E-state index is 0.286. The van der Waals surface area contributed by atoms with Crippen LogP contribution in [0.5, 0.6) is 0 Å². The first kappa shape index (κ1) is 13.2. The van der Waals surface area contributed by atoms with E-state index >= 15 is 0 Å². The molecule has 2 heteroatoms. The van der Waals surface area contributed by atoms with E-state index in [1.807, 2.05) is 0 Å². The smallest absolute Gasteiger partial charge is 0.0471 e. The van der Waals surface area contributed by atoms with Gasteiger partial charge in [-0.3, -0.25) is 0 Å². The molecule has 0 aliphatic carbocycles. The lowest BCUT2D eigenvalue weighted by Gasteiger charge is -2.21. The Morgan fingerprint density at radius 1 is 1.25 bits per heavy atom. The fraction of sp³-hybridized carbons (Fsp3) is 0.571. The number of nitrogens with zero attached hydrogens (tertiary/aromatic N) is 1. The lowest BCUT2D eigenvalue weighted by atomic mass is 10.1. The quantitative estimate of drug-likeness (QED) is 0.797. The molecule has 0 aliphatic heterocycles. The highest BCUT2D eigenvalue weighted by Gasteiger charge is 2.08. The number of hydrogen-bond acceptors (Lipinski definition) is 2. The molecule has 1 unspecified atom stereocenters. The van der Waals surface area contributed by atoms with E-state index in [0.29, 0.717) is 5.92 Å². The molecule has 0 radical (unpaired) electrons. The van der Waals surface area contributed by atoms with Crippen molar-refractivity contribution in [2.45, 2.75) is 26.8 Å². The zero-order valence-corrected chi connectivity index (χ0v) is 10.6. The largest absolute Gasteiger partial charge is 0.396 e. The third kappa shape index (κ3) is 4.33. The summed E-state index contributed by atoms with van der Waals surface area (Å²) >= 11 is 0. The van der Waals surface area contributed by atoms with E-state index in [4.69, 9.17) is 5.11 Å². The Bertz CT molecular complexity index is 290. The molecule has 0 fully saturated rings. The van der Waals surface area contributed by atoms with Gasteiger partial charge in [0.05, 0.1) is 0 Å². The molecule has 0 spiro atoms. The minimum Gasteiger partial charge on any atom is -0.396 e. The van der Waals surface area contributed by atoms with Crippen molar-refractivity contribution in [1.29, 1.82) is 0 Å². The maximum atomic E-state index is 9.15. The average molecular weight is 221 g/mol. The molecule has 16 heavy (non-hydrogen) atoms. The van der Waals surface area contributed by atoms with Gasteiger partial charge in [-0.05, 0) is 31.9 Å². The van der Waals surface area contributed by atoms with Crippen LogP contribution in [-0.2, 0) is 6.54 Å². The van der Waals surface area contributed by atoms with E-state index < -0.39 is 0 Å². The number of aliphatic hydroxyl groups excluding tert-OH is 1. The molecule has 0 amide bonds. The van der Waals surface area contributed by atoms with Crippen LogP contribution in [0, 0.1) is 12.8 Å². The predicted molar refractivity (Wildman–Crippen MR) is 68.4 cm³/mol. The fourth-order valence-corrected chi connectivity index (χ4v) is 1.83. The summed E-state index contributed by atoms with van der Waals surface area (Å²) in [4.78, 5) is 2.27. The minimum atomic E-state index is 0.286. The molecule has 2 nitrogen and oxygen atoms in total. The summed E-state index contributed by atoms with van der Waals surface area (Å²) in [6.45, 7) is 6.43. The number of rotatable bonds is 6. The van der Waals surface area contributed by atoms with Crippen molar-refractivity contribution in [3.05, 3.63) is 35.4 Å². The summed E-state index contributed by atoms with van der Waals surface area (Å²) < 4.78 is 0. The molecule has 0 saturated carbocycles. The van der Waals surface area contributed by atoms with Crippen molar-refractivity contribution < 1.29 is 5.11 Å². The van der Waals surface area contributed by atoms with Gasteiger partial charge in [0.1, 0.15) is 0 Å². The van der Waals surface area contributed by atoms with Crippen molar-refractivity contribution in [1.82, 2.24) is 4.90 Å². The van der Waals surface area contributed by atoms with Crippen LogP contribution in [-0.4, -0.2) is 30.2 Å². The molecule has 90 valence electrons. The summed E-state index contributed by atoms with van der Waals surface area (Å²) in [6, 6.07) is 8.64. The zero-order chi connectivity index (χ0) is 12.0. The maximum absolute atomic E-state index is 9.15. The molecule has 1 aromatic rings. The maximum Gasteiger partial charge on any atom is 0.0471 e. The topological polar surface area (TPSA) is 23.5 Å². The molecule has 0 aliphatic rings. The molecule has 0 saturated heterocycles. The molecule has 1 rings (SSSR count). The van der Waals surface area contributed by atoms with Crippen LogP contribution in [0.25, 0.3) is 0 Å². The predicted octanol–water partition coefficient (Wildman–Crippen LogP) is 2.45. The van der Waals surface area contributed by atoms with E-state index in [-0.39, 0.29) is 6.61 Å². The van der Waals surface area contributed by atoms with E-state index in [2.05, 4.69) is 50.1 Å². The van der Waals surface area contributed by atoms with Crippen molar-refractivity contribution in [2.24, 2.45) is 5.92 Å². The second-order valence-electron chi connectivity index (χ2n) is 4.64. The first-order valence-electron chi connectivity index (χ1n) is 6.00. The highest BCUT2D eigenvalue weighted by molar-refractivity contribution is 5.21. The third-order valence-corrected chi connectivity index (χ3v) is 2.98. The Morgan fingerprint density at radius 3 is 2.38 bits per heavy atom. The van der Waals surface area contributed by atoms with Gasteiger partial charge in [0.15, 0.2) is 0 Å². The van der Waals surface area contributed by atoms with Gasteiger partial charge in [-0.25, -0.2) is 0 Å². The Labute approximate surface area is 98.9 Å². The van der Waals surface area contributed by atoms with E-state index in [0.717, 1.165) is 19.5 Å². The number of aryl methyl sites for hydroxylation is 1. The van der Waals surface area contributed by atoms with Crippen LogP contribution < -0.4 is 0 Å². The highest BCUT2D eigenvalue weighted by Crippen LogP contribution is 2.09. The Hall–Kier alpha value is -0.860. The van der Waals surface area contributed by atoms with Gasteiger partial charge in [0, 0.05) is 19.7 Å². The average Bonchev–Trinajstić information content (AvgIpc) is 2.29. The van der Waals surface area contributed by atoms with Crippen LogP contribution in [0.15, 0.2) is 24.3 Å². The fourth-order valence-electron chi connectivity index (χ4n) is 1.83. The first-order chi connectivity index (χ1) is 7.65. The zero-order valence-electron chi connectivity index (χ0n) is 10.6. The lowest BCUT2D eigenvalue weighted by molar-refractivity contribution is 0.173. The van der Waals surface area contributed by atoms with Crippen LogP contribution in [0.2, 0.25) is 0 Å². The SMILES string of the molecule is CCC(CO)CN(C)Cc1ccc(C)cc1. The van der Waals surface area contributed by atoms with Crippen molar-refractivity contribution >= 4 is 0 Å². The molecule has 0 aromatic heterocycles. The molecular weight excluding hydrogens is 198 g/mol. The monoisotopic (exact) mass is 221 g/mol. The Morgan fingerprint density at radius 2 is 1.88 bits per heavy atom. The molecule has 0 heterocycles. The summed E-state index contributed by atoms with van der Waals surface area (Å²) in [7, 11) is 2.11.